The summed E-state index contributed by atoms with van der Waals surface area (Å²) < 4.78 is 24.0. The maximum absolute atomic E-state index is 12.0. The van der Waals surface area contributed by atoms with E-state index in [1.807, 2.05) is 12.1 Å². The van der Waals surface area contributed by atoms with Crippen molar-refractivity contribution in [2.24, 2.45) is 0 Å². The van der Waals surface area contributed by atoms with Crippen LogP contribution in [0.3, 0.4) is 0 Å². The van der Waals surface area contributed by atoms with Crippen molar-refractivity contribution in [2.75, 3.05) is 13.1 Å². The highest BCUT2D eigenvalue weighted by molar-refractivity contribution is 7.92. The van der Waals surface area contributed by atoms with Gasteiger partial charge >= 0.3 is 0 Å². The van der Waals surface area contributed by atoms with Crippen LogP contribution < -0.4 is 5.32 Å². The molecule has 3 nitrogen and oxygen atoms in total. The van der Waals surface area contributed by atoms with Gasteiger partial charge in [-0.25, -0.2) is 8.42 Å². The van der Waals surface area contributed by atoms with E-state index in [0.717, 1.165) is 13.1 Å². The van der Waals surface area contributed by atoms with Gasteiger partial charge in [-0.05, 0) is 56.8 Å². The number of rotatable bonds is 3. The number of hydrogen-bond acceptors (Lipinski definition) is 3. The van der Waals surface area contributed by atoms with Crippen LogP contribution in [0.1, 0.15) is 38.2 Å². The number of hydrogen-bond donors (Lipinski definition) is 1. The molecule has 1 saturated heterocycles. The first-order chi connectivity index (χ1) is 8.51. The fourth-order valence-electron chi connectivity index (χ4n) is 2.34. The Morgan fingerprint density at radius 2 is 1.89 bits per heavy atom. The normalized spacial score (nSPS) is 21.2. The highest BCUT2D eigenvalue weighted by Crippen LogP contribution is 2.25. The van der Waals surface area contributed by atoms with Gasteiger partial charge in [0.05, 0.1) is 10.1 Å². The maximum atomic E-state index is 12.0. The van der Waals surface area contributed by atoms with Crippen LogP contribution in [0, 0.1) is 0 Å². The van der Waals surface area contributed by atoms with Gasteiger partial charge in [0.2, 0.25) is 0 Å². The predicted molar refractivity (Wildman–Crippen MR) is 73.6 cm³/mol. The molecule has 18 heavy (non-hydrogen) atoms. The third-order valence-electron chi connectivity index (χ3n) is 3.60. The van der Waals surface area contributed by atoms with Gasteiger partial charge in [-0.15, -0.1) is 0 Å². The third kappa shape index (κ3) is 2.75. The predicted octanol–water partition coefficient (Wildman–Crippen LogP) is 2.34. The van der Waals surface area contributed by atoms with Crippen LogP contribution in [-0.4, -0.2) is 26.8 Å². The van der Waals surface area contributed by atoms with Crippen LogP contribution in [0.5, 0.6) is 0 Å². The van der Waals surface area contributed by atoms with E-state index in [1.165, 1.54) is 18.4 Å². The lowest BCUT2D eigenvalue weighted by molar-refractivity contribution is 0.461. The molecular formula is C14H21NO2S. The van der Waals surface area contributed by atoms with E-state index in [1.54, 1.807) is 26.0 Å². The molecule has 1 fully saturated rings. The number of benzene rings is 1. The first-order valence-electron chi connectivity index (χ1n) is 6.56. The maximum Gasteiger partial charge on any atom is 0.180 e. The van der Waals surface area contributed by atoms with Crippen molar-refractivity contribution in [3.8, 4) is 0 Å². The summed E-state index contributed by atoms with van der Waals surface area (Å²) in [6.45, 7) is 5.52. The Morgan fingerprint density at radius 3 is 2.39 bits per heavy atom. The summed E-state index contributed by atoms with van der Waals surface area (Å²) >= 11 is 0. The van der Waals surface area contributed by atoms with E-state index in [2.05, 4.69) is 5.32 Å². The average molecular weight is 267 g/mol. The van der Waals surface area contributed by atoms with Gasteiger partial charge in [0, 0.05) is 6.54 Å². The molecular weight excluding hydrogens is 246 g/mol. The van der Waals surface area contributed by atoms with Crippen LogP contribution in [0.4, 0.5) is 0 Å². The van der Waals surface area contributed by atoms with Crippen LogP contribution in [0.25, 0.3) is 0 Å². The fourth-order valence-corrected chi connectivity index (χ4v) is 3.40. The highest BCUT2D eigenvalue weighted by atomic mass is 32.2. The van der Waals surface area contributed by atoms with Crippen LogP contribution in [-0.2, 0) is 9.84 Å². The number of sulfone groups is 1. The van der Waals surface area contributed by atoms with E-state index >= 15 is 0 Å². The van der Waals surface area contributed by atoms with Crippen molar-refractivity contribution in [2.45, 2.75) is 42.8 Å². The molecule has 0 radical (unpaired) electrons. The lowest BCUT2D eigenvalue weighted by Gasteiger charge is -2.23. The molecule has 1 aliphatic rings. The second-order valence-corrected chi connectivity index (χ2v) is 7.71. The molecule has 0 spiro atoms. The number of nitrogens with one attached hydrogen (secondary N) is 1. The van der Waals surface area contributed by atoms with E-state index in [9.17, 15) is 8.42 Å². The van der Waals surface area contributed by atoms with Gasteiger partial charge in [-0.1, -0.05) is 12.1 Å². The molecule has 1 aliphatic heterocycles. The Balaban J connectivity index is 2.20. The molecule has 4 heteroatoms. The summed E-state index contributed by atoms with van der Waals surface area (Å²) in [7, 11) is -3.14. The molecule has 1 atom stereocenters. The summed E-state index contributed by atoms with van der Waals surface area (Å²) in [5, 5.41) is 3.02. The van der Waals surface area contributed by atoms with Crippen LogP contribution in [0.2, 0.25) is 0 Å². The minimum absolute atomic E-state index is 0.361. The molecule has 0 bridgehead atoms. The molecule has 0 saturated carbocycles. The van der Waals surface area contributed by atoms with E-state index < -0.39 is 9.84 Å². The van der Waals surface area contributed by atoms with Crippen molar-refractivity contribution >= 4 is 9.84 Å². The van der Waals surface area contributed by atoms with E-state index in [0.29, 0.717) is 10.8 Å². The fraction of sp³-hybridized carbons (Fsp3) is 0.571. The average Bonchev–Trinajstić information content (AvgIpc) is 2.40. The summed E-state index contributed by atoms with van der Waals surface area (Å²) in [4.78, 5) is 0.435. The van der Waals surface area contributed by atoms with Gasteiger partial charge in [0.1, 0.15) is 0 Å². The highest BCUT2D eigenvalue weighted by Gasteiger charge is 2.20. The molecule has 1 N–H and O–H groups in total. The molecule has 1 unspecified atom stereocenters. The molecule has 0 aliphatic carbocycles. The first-order valence-corrected chi connectivity index (χ1v) is 8.11. The van der Waals surface area contributed by atoms with E-state index in [4.69, 9.17) is 0 Å². The van der Waals surface area contributed by atoms with Crippen molar-refractivity contribution in [1.29, 1.82) is 0 Å². The Labute approximate surface area is 110 Å². The smallest absolute Gasteiger partial charge is 0.180 e. The summed E-state index contributed by atoms with van der Waals surface area (Å²) in [6, 6.07) is 7.43. The third-order valence-corrected chi connectivity index (χ3v) is 5.77. The molecule has 0 aromatic heterocycles. The van der Waals surface area contributed by atoms with Crippen molar-refractivity contribution < 1.29 is 8.42 Å². The summed E-state index contributed by atoms with van der Waals surface area (Å²) in [5.74, 6) is 0.523. The minimum atomic E-state index is -3.14. The largest absolute Gasteiger partial charge is 0.316 e. The summed E-state index contributed by atoms with van der Waals surface area (Å²) in [6.07, 6.45) is 2.37. The topological polar surface area (TPSA) is 46.2 Å². The summed E-state index contributed by atoms with van der Waals surface area (Å²) in [5.41, 5.74) is 1.24. The van der Waals surface area contributed by atoms with Crippen LogP contribution >= 0.6 is 0 Å². The van der Waals surface area contributed by atoms with Gasteiger partial charge in [-0.3, -0.25) is 0 Å². The zero-order chi connectivity index (χ0) is 13.2. The molecule has 1 aromatic carbocycles. The first kappa shape index (κ1) is 13.6. The van der Waals surface area contributed by atoms with Crippen molar-refractivity contribution in [1.82, 2.24) is 5.32 Å². The molecule has 2 rings (SSSR count). The zero-order valence-electron chi connectivity index (χ0n) is 11.0. The molecule has 1 heterocycles. The molecule has 1 aromatic rings. The quantitative estimate of drug-likeness (QED) is 0.914. The van der Waals surface area contributed by atoms with Crippen molar-refractivity contribution in [3.63, 3.8) is 0 Å². The van der Waals surface area contributed by atoms with Crippen LogP contribution in [0.15, 0.2) is 29.2 Å². The standard InChI is InChI=1S/C14H21NO2S/c1-11(2)18(16,17)14-7-5-12(6-8-14)13-4-3-9-15-10-13/h5-8,11,13,15H,3-4,9-10H2,1-2H3. The molecule has 0 amide bonds. The van der Waals surface area contributed by atoms with Crippen molar-refractivity contribution in [3.05, 3.63) is 29.8 Å². The zero-order valence-corrected chi connectivity index (χ0v) is 11.8. The Hall–Kier alpha value is -0.870. The van der Waals surface area contributed by atoms with Gasteiger partial charge in [0.25, 0.3) is 0 Å². The number of piperidine rings is 1. The van der Waals surface area contributed by atoms with Gasteiger partial charge < -0.3 is 5.32 Å². The lowest BCUT2D eigenvalue weighted by Crippen LogP contribution is -2.28. The van der Waals surface area contributed by atoms with Gasteiger partial charge in [-0.2, -0.15) is 0 Å². The second kappa shape index (κ2) is 5.41. The Morgan fingerprint density at radius 1 is 1.22 bits per heavy atom. The Bertz CT molecular complexity index is 485. The van der Waals surface area contributed by atoms with E-state index in [-0.39, 0.29) is 5.25 Å². The minimum Gasteiger partial charge on any atom is -0.316 e. The SMILES string of the molecule is CC(C)S(=O)(=O)c1ccc(C2CCCNC2)cc1. The monoisotopic (exact) mass is 267 g/mol. The van der Waals surface area contributed by atoms with Gasteiger partial charge in [0.15, 0.2) is 9.84 Å². The lowest BCUT2D eigenvalue weighted by atomic mass is 9.92. The molecule has 100 valence electrons. The Kier molecular flexibility index (Phi) is 4.07. The second-order valence-electron chi connectivity index (χ2n) is 5.21.